The van der Waals surface area contributed by atoms with Crippen molar-refractivity contribution in [1.29, 1.82) is 0 Å². The Labute approximate surface area is 569 Å². The number of para-hydroxylation sites is 2. The first kappa shape index (κ1) is 78.0. The molecule has 3 heterocycles. The van der Waals surface area contributed by atoms with Crippen LogP contribution in [0.3, 0.4) is 0 Å². The van der Waals surface area contributed by atoms with E-state index in [1.807, 2.05) is 84.0 Å². The standard InChI is InChI=1S/C65H102N20O9S2/c1-7-37(5)53(84-57(89)47(24-16-29-74-64(69)70)78-51(86)26-14-9-18-41-27-31-95-96-41)61(93)82-50(33-40-35-77-45-22-13-11-20-43(40)45)59(91)83-52(36(3)4)60(92)85-54(38(6)8-2)62(94)81-49(32-39-34-76-44-21-12-10-19-42(39)44)58(90)80-48(25-17-30-75-65(71)72)56(88)79-46(55(66)87)23-15-28-73-63(67)68/h10-13,19-22,34-38,41,46-50,52-54,76-77H,7-9,14-18,23-33H2,1-6H3,(H2,66,87)(H,78,86)(H,79,88)(H,80,90)(H,81,94)(H,82,93)(H,83,91)(H,84,89)(H,85,92)(H4,67,68,73)(H4,69,70,74)(H4,71,72,75)/t37-,38-,41+,46-,47-,48-,49-,50-,52-,53-,54-/m0/s1. The monoisotopic (exact) mass is 1370 g/mol. The maximum absolute atomic E-state index is 15.1. The summed E-state index contributed by atoms with van der Waals surface area (Å²) in [5, 5.41) is 24.8. The summed E-state index contributed by atoms with van der Waals surface area (Å²) in [6.45, 7) is 11.0. The van der Waals surface area contributed by atoms with Crippen LogP contribution < -0.4 is 82.7 Å². The maximum atomic E-state index is 15.1. The number of fused-ring (bicyclic) bond motifs is 2. The van der Waals surface area contributed by atoms with Crippen LogP contribution in [0.2, 0.25) is 0 Å². The second kappa shape index (κ2) is 40.0. The Kier molecular flexibility index (Phi) is 32.5. The molecule has 9 amide bonds. The van der Waals surface area contributed by atoms with E-state index >= 15 is 4.79 Å². The van der Waals surface area contributed by atoms with Crippen molar-refractivity contribution in [2.45, 2.75) is 191 Å². The van der Waals surface area contributed by atoms with Gasteiger partial charge >= 0.3 is 0 Å². The van der Waals surface area contributed by atoms with Crippen LogP contribution in [0.4, 0.5) is 0 Å². The molecule has 1 aliphatic rings. The molecule has 1 fully saturated rings. The lowest BCUT2D eigenvalue weighted by Gasteiger charge is -2.31. The Morgan fingerprint density at radius 3 is 1.33 bits per heavy atom. The number of carbonyl (C=O) groups excluding carboxylic acids is 9. The number of nitrogens with zero attached hydrogens (tertiary/aromatic N) is 3. The zero-order chi connectivity index (χ0) is 70.4. The van der Waals surface area contributed by atoms with Gasteiger partial charge in [0.1, 0.15) is 48.3 Å². The molecule has 5 rings (SSSR count). The van der Waals surface area contributed by atoms with Crippen molar-refractivity contribution in [3.8, 4) is 0 Å². The number of benzene rings is 2. The van der Waals surface area contributed by atoms with Crippen LogP contribution in [-0.2, 0) is 56.0 Å². The Bertz CT molecular complexity index is 3320. The predicted molar refractivity (Wildman–Crippen MR) is 379 cm³/mol. The molecule has 0 radical (unpaired) electrons. The van der Waals surface area contributed by atoms with E-state index in [0.717, 1.165) is 46.8 Å². The second-order valence-electron chi connectivity index (χ2n) is 24.8. The number of hydrogen-bond donors (Lipinski definition) is 17. The molecule has 2 aromatic heterocycles. The largest absolute Gasteiger partial charge is 0.370 e. The fourth-order valence-corrected chi connectivity index (χ4v) is 14.1. The lowest BCUT2D eigenvalue weighted by molar-refractivity contribution is -0.137. The van der Waals surface area contributed by atoms with Crippen molar-refractivity contribution in [3.05, 3.63) is 72.1 Å². The number of hydrogen-bond acceptors (Lipinski definition) is 14. The zero-order valence-electron chi connectivity index (χ0n) is 56.0. The molecular weight excluding hydrogens is 1270 g/mol. The molecule has 24 N–H and O–H groups in total. The van der Waals surface area contributed by atoms with Crippen LogP contribution >= 0.6 is 21.6 Å². The number of guanidine groups is 3. The van der Waals surface area contributed by atoms with Crippen molar-refractivity contribution in [3.63, 3.8) is 0 Å². The van der Waals surface area contributed by atoms with Crippen molar-refractivity contribution < 1.29 is 43.2 Å². The van der Waals surface area contributed by atoms with Gasteiger partial charge in [-0.05, 0) is 98.8 Å². The quantitative estimate of drug-likeness (QED) is 0.0129. The number of H-pyrrole nitrogens is 2. The third-order valence-electron chi connectivity index (χ3n) is 17.0. The van der Waals surface area contributed by atoms with Crippen molar-refractivity contribution in [2.75, 3.05) is 25.4 Å². The number of aromatic amines is 2. The van der Waals surface area contributed by atoms with E-state index in [2.05, 4.69) is 67.5 Å². The Morgan fingerprint density at radius 1 is 0.490 bits per heavy atom. The number of nitrogens with two attached hydrogens (primary N) is 7. The summed E-state index contributed by atoms with van der Waals surface area (Å²) in [7, 11) is 3.74. The molecule has 11 atom stereocenters. The van der Waals surface area contributed by atoms with Crippen LogP contribution in [0.15, 0.2) is 75.9 Å². The van der Waals surface area contributed by atoms with Crippen LogP contribution in [0.25, 0.3) is 21.8 Å². The Balaban J connectivity index is 1.42. The SMILES string of the molecule is CC[C@H](C)[C@H](NC(=O)[C@H](CCCN=C(N)N)NC(=O)CCCC[C@@H]1CCSS1)C(=O)N[C@@H](Cc1c[nH]c2ccccc12)C(=O)N[C@H](C(=O)N[C@H](C(=O)N[C@@H](Cc1c[nH]c2ccccc12)C(=O)N[C@@H](CCCN=C(N)N)C(=O)N[C@@H](CCCN=C(N)N)C(N)=O)[C@@H](C)CC)C(C)C. The molecule has 0 unspecified atom stereocenters. The fraction of sp³-hybridized carbons (Fsp3) is 0.569. The van der Waals surface area contributed by atoms with Crippen LogP contribution in [-0.4, -0.2) is 160 Å². The van der Waals surface area contributed by atoms with E-state index in [0.29, 0.717) is 42.1 Å². The van der Waals surface area contributed by atoms with E-state index in [1.54, 1.807) is 40.1 Å². The lowest BCUT2D eigenvalue weighted by Crippen LogP contribution is -2.62. The van der Waals surface area contributed by atoms with Crippen molar-refractivity contribution in [1.82, 2.24) is 52.5 Å². The first-order chi connectivity index (χ1) is 45.8. The molecule has 31 heteroatoms. The minimum absolute atomic E-state index is 0.0267. The molecule has 2 aromatic carbocycles. The summed E-state index contributed by atoms with van der Waals surface area (Å²) < 4.78 is 0. The highest BCUT2D eigenvalue weighted by Gasteiger charge is 2.38. The van der Waals surface area contributed by atoms with Crippen LogP contribution in [0.1, 0.15) is 136 Å². The number of aliphatic imine (C=N–C) groups is 3. The Morgan fingerprint density at radius 2 is 0.885 bits per heavy atom. The molecule has 0 aliphatic carbocycles. The number of amides is 9. The molecule has 0 saturated carbocycles. The molecule has 1 saturated heterocycles. The highest BCUT2D eigenvalue weighted by Crippen LogP contribution is 2.40. The molecule has 528 valence electrons. The molecule has 0 spiro atoms. The predicted octanol–water partition coefficient (Wildman–Crippen LogP) is 1.42. The zero-order valence-corrected chi connectivity index (χ0v) is 57.6. The molecular formula is C65H102N20O9S2. The van der Waals surface area contributed by atoms with E-state index < -0.39 is 113 Å². The second-order valence-corrected chi connectivity index (χ2v) is 27.6. The summed E-state index contributed by atoms with van der Waals surface area (Å²) in [6, 6.07) is 4.64. The van der Waals surface area contributed by atoms with E-state index in [4.69, 9.17) is 40.1 Å². The summed E-state index contributed by atoms with van der Waals surface area (Å²) in [6.07, 6.45) is 8.85. The smallest absolute Gasteiger partial charge is 0.243 e. The minimum atomic E-state index is -1.39. The van der Waals surface area contributed by atoms with Crippen molar-refractivity contribution >= 4 is 114 Å². The number of unbranched alkanes of at least 4 members (excludes halogenated alkanes) is 1. The molecule has 1 aliphatic heterocycles. The van der Waals surface area contributed by atoms with Gasteiger partial charge in [0, 0.05) is 84.1 Å². The first-order valence-electron chi connectivity index (χ1n) is 33.1. The van der Waals surface area contributed by atoms with Gasteiger partial charge in [-0.3, -0.25) is 58.1 Å². The minimum Gasteiger partial charge on any atom is -0.370 e. The summed E-state index contributed by atoms with van der Waals surface area (Å²) in [4.78, 5) is 148. The fourth-order valence-electron chi connectivity index (χ4n) is 11.0. The summed E-state index contributed by atoms with van der Waals surface area (Å²) in [5.74, 6) is -7.31. The van der Waals surface area contributed by atoms with Crippen molar-refractivity contribution in [2.24, 2.45) is 72.9 Å². The van der Waals surface area contributed by atoms with Gasteiger partial charge in [-0.2, -0.15) is 0 Å². The molecule has 29 nitrogen and oxygen atoms in total. The third-order valence-corrected chi connectivity index (χ3v) is 20.0. The van der Waals surface area contributed by atoms with E-state index in [-0.39, 0.29) is 94.8 Å². The first-order valence-corrected chi connectivity index (χ1v) is 35.4. The average molecular weight is 1370 g/mol. The molecule has 4 aromatic rings. The number of primary amides is 1. The van der Waals surface area contributed by atoms with Gasteiger partial charge in [-0.25, -0.2) is 0 Å². The molecule has 0 bridgehead atoms. The number of aromatic nitrogens is 2. The molecule has 96 heavy (non-hydrogen) atoms. The van der Waals surface area contributed by atoms with Gasteiger partial charge in [-0.15, -0.1) is 0 Å². The average Bonchev–Trinajstić information content (AvgIpc) is 1.43. The van der Waals surface area contributed by atoms with Gasteiger partial charge in [0.05, 0.1) is 0 Å². The van der Waals surface area contributed by atoms with E-state index in [9.17, 15) is 38.4 Å². The van der Waals surface area contributed by atoms with Gasteiger partial charge < -0.3 is 92.6 Å². The van der Waals surface area contributed by atoms with Gasteiger partial charge in [0.2, 0.25) is 53.2 Å². The topological polar surface area (TPSA) is 501 Å². The van der Waals surface area contributed by atoms with Crippen LogP contribution in [0, 0.1) is 17.8 Å². The number of nitrogens with one attached hydrogen (secondary N) is 10. The number of rotatable bonds is 42. The Hall–Kier alpha value is -8.74. The highest BCUT2D eigenvalue weighted by atomic mass is 33.1. The number of carbonyl (C=O) groups is 9. The normalized spacial score (nSPS) is 16.0. The summed E-state index contributed by atoms with van der Waals surface area (Å²) >= 11 is 0. The van der Waals surface area contributed by atoms with Crippen LogP contribution in [0.5, 0.6) is 0 Å². The van der Waals surface area contributed by atoms with Gasteiger partial charge in [0.15, 0.2) is 17.9 Å². The third kappa shape index (κ3) is 25.4. The highest BCUT2D eigenvalue weighted by molar-refractivity contribution is 8.77. The summed E-state index contributed by atoms with van der Waals surface area (Å²) in [5.41, 5.74) is 41.8. The van der Waals surface area contributed by atoms with E-state index in [1.165, 1.54) is 0 Å². The lowest BCUT2D eigenvalue weighted by atomic mass is 9.95. The maximum Gasteiger partial charge on any atom is 0.243 e. The van der Waals surface area contributed by atoms with Gasteiger partial charge in [0.25, 0.3) is 0 Å². The van der Waals surface area contributed by atoms with Gasteiger partial charge in [-0.1, -0.05) is 119 Å².